The van der Waals surface area contributed by atoms with Crippen molar-refractivity contribution in [1.29, 1.82) is 0 Å². The first kappa shape index (κ1) is 14.0. The first-order chi connectivity index (χ1) is 9.69. The summed E-state index contributed by atoms with van der Waals surface area (Å²) in [5, 5.41) is 10.4. The molecule has 1 atom stereocenters. The van der Waals surface area contributed by atoms with Crippen molar-refractivity contribution in [3.8, 4) is 5.75 Å². The average molecular weight is 338 g/mol. The Bertz CT molecular complexity index is 517. The number of fused-ring (bicyclic) bond motifs is 3. The van der Waals surface area contributed by atoms with Crippen LogP contribution in [0.3, 0.4) is 0 Å². The van der Waals surface area contributed by atoms with E-state index in [9.17, 15) is 5.11 Å². The Hall–Kier alpha value is -1.00. The lowest BCUT2D eigenvalue weighted by Gasteiger charge is -2.46. The van der Waals surface area contributed by atoms with E-state index in [0.717, 1.165) is 47.4 Å². The van der Waals surface area contributed by atoms with E-state index in [1.54, 1.807) is 0 Å². The maximum Gasteiger partial charge on any atom is 0.126 e. The van der Waals surface area contributed by atoms with Crippen molar-refractivity contribution in [2.75, 3.05) is 19.7 Å². The van der Waals surface area contributed by atoms with Gasteiger partial charge in [0.1, 0.15) is 5.75 Å². The molecular weight excluding hydrogens is 318 g/mol. The molecule has 3 aliphatic heterocycles. The van der Waals surface area contributed by atoms with Crippen LogP contribution in [0.2, 0.25) is 0 Å². The number of rotatable bonds is 3. The summed E-state index contributed by atoms with van der Waals surface area (Å²) in [6.07, 6.45) is 3.97. The maximum absolute atomic E-state index is 10.4. The minimum absolute atomic E-state index is 0.328. The topological polar surface area (TPSA) is 32.7 Å². The quantitative estimate of drug-likeness (QED) is 0.918. The molecule has 1 aromatic rings. The van der Waals surface area contributed by atoms with Crippen molar-refractivity contribution in [3.63, 3.8) is 0 Å². The molecule has 0 aromatic heterocycles. The van der Waals surface area contributed by atoms with Crippen molar-refractivity contribution in [2.45, 2.75) is 25.9 Å². The van der Waals surface area contributed by atoms with Crippen LogP contribution >= 0.6 is 15.9 Å². The van der Waals surface area contributed by atoms with E-state index in [2.05, 4.69) is 26.9 Å². The fourth-order valence-electron chi connectivity index (χ4n) is 3.16. The molecule has 20 heavy (non-hydrogen) atoms. The van der Waals surface area contributed by atoms with Gasteiger partial charge in [-0.3, -0.25) is 0 Å². The molecule has 3 aliphatic rings. The molecule has 108 valence electrons. The Labute approximate surface area is 128 Å². The van der Waals surface area contributed by atoms with Gasteiger partial charge in [0.25, 0.3) is 0 Å². The number of aliphatic hydroxyl groups is 1. The number of nitrogens with zero attached hydrogens (tertiary/aromatic N) is 1. The lowest BCUT2D eigenvalue weighted by atomic mass is 9.83. The van der Waals surface area contributed by atoms with E-state index < -0.39 is 0 Å². The molecule has 4 heteroatoms. The van der Waals surface area contributed by atoms with Crippen LogP contribution in [0.1, 0.15) is 25.3 Å². The van der Waals surface area contributed by atoms with E-state index in [-0.39, 0.29) is 6.10 Å². The van der Waals surface area contributed by atoms with Crippen LogP contribution < -0.4 is 4.74 Å². The van der Waals surface area contributed by atoms with Crippen molar-refractivity contribution in [1.82, 2.24) is 4.90 Å². The number of ether oxygens (including phenoxy) is 1. The molecule has 0 aliphatic carbocycles. The number of aliphatic hydroxyl groups excluding tert-OH is 1. The van der Waals surface area contributed by atoms with Crippen molar-refractivity contribution >= 4 is 22.0 Å². The van der Waals surface area contributed by atoms with Gasteiger partial charge in [-0.05, 0) is 50.0 Å². The summed E-state index contributed by atoms with van der Waals surface area (Å²) < 4.78 is 6.71. The van der Waals surface area contributed by atoms with Gasteiger partial charge in [-0.15, -0.1) is 0 Å². The van der Waals surface area contributed by atoms with Crippen LogP contribution in [0, 0.1) is 5.92 Å². The highest BCUT2D eigenvalue weighted by Gasteiger charge is 2.36. The van der Waals surface area contributed by atoms with Gasteiger partial charge in [0.15, 0.2) is 0 Å². The normalized spacial score (nSPS) is 27.1. The van der Waals surface area contributed by atoms with E-state index in [1.807, 2.05) is 25.1 Å². The fraction of sp³-hybridized carbons (Fsp3) is 0.500. The molecule has 4 rings (SSSR count). The first-order valence-corrected chi connectivity index (χ1v) is 8.05. The Morgan fingerprint density at radius 2 is 2.15 bits per heavy atom. The van der Waals surface area contributed by atoms with E-state index in [4.69, 9.17) is 4.74 Å². The van der Waals surface area contributed by atoms with Gasteiger partial charge < -0.3 is 14.7 Å². The number of hydrogen-bond donors (Lipinski definition) is 1. The fourth-order valence-corrected chi connectivity index (χ4v) is 3.54. The summed E-state index contributed by atoms with van der Waals surface area (Å²) >= 11 is 3.51. The van der Waals surface area contributed by atoms with Crippen LogP contribution in [0.25, 0.3) is 6.08 Å². The predicted molar refractivity (Wildman–Crippen MR) is 83.6 cm³/mol. The monoisotopic (exact) mass is 337 g/mol. The Balaban J connectivity index is 1.96. The molecular formula is C16H20BrNO2. The van der Waals surface area contributed by atoms with Gasteiger partial charge in [0.2, 0.25) is 0 Å². The third-order valence-electron chi connectivity index (χ3n) is 4.23. The minimum atomic E-state index is -0.328. The Morgan fingerprint density at radius 3 is 2.80 bits per heavy atom. The van der Waals surface area contributed by atoms with Gasteiger partial charge in [-0.1, -0.05) is 15.9 Å². The predicted octanol–water partition coefficient (Wildman–Crippen LogP) is 3.28. The van der Waals surface area contributed by atoms with Crippen LogP contribution in [0.4, 0.5) is 0 Å². The zero-order chi connectivity index (χ0) is 14.1. The standard InChI is InChI=1S/C16H20BrNO2/c1-2-20-15-4-3-13(17)9-12(15)10-14-16(19)11-5-7-18(14)8-6-11/h3-4,9-11,16,19H,2,5-8H2,1H3/b14-10-. The second kappa shape index (κ2) is 5.78. The van der Waals surface area contributed by atoms with Gasteiger partial charge in [0, 0.05) is 28.8 Å². The van der Waals surface area contributed by atoms with E-state index in [1.165, 1.54) is 0 Å². The highest BCUT2D eigenvalue weighted by molar-refractivity contribution is 9.10. The highest BCUT2D eigenvalue weighted by Crippen LogP contribution is 2.37. The second-order valence-corrected chi connectivity index (χ2v) is 6.37. The number of benzene rings is 1. The molecule has 3 nitrogen and oxygen atoms in total. The van der Waals surface area contributed by atoms with Crippen LogP contribution in [-0.4, -0.2) is 35.8 Å². The molecule has 3 fully saturated rings. The molecule has 1 unspecified atom stereocenters. The molecule has 3 heterocycles. The van der Waals surface area contributed by atoms with Crippen LogP contribution in [0.15, 0.2) is 28.4 Å². The smallest absolute Gasteiger partial charge is 0.126 e. The summed E-state index contributed by atoms with van der Waals surface area (Å²) in [7, 11) is 0. The maximum atomic E-state index is 10.4. The largest absolute Gasteiger partial charge is 0.493 e. The zero-order valence-corrected chi connectivity index (χ0v) is 13.3. The van der Waals surface area contributed by atoms with Crippen LogP contribution in [-0.2, 0) is 0 Å². The Kier molecular flexibility index (Phi) is 4.03. The third kappa shape index (κ3) is 2.59. The summed E-state index contributed by atoms with van der Waals surface area (Å²) in [4.78, 5) is 2.31. The zero-order valence-electron chi connectivity index (χ0n) is 11.7. The number of halogens is 1. The summed E-state index contributed by atoms with van der Waals surface area (Å²) in [6, 6.07) is 6.01. The number of hydrogen-bond acceptors (Lipinski definition) is 3. The van der Waals surface area contributed by atoms with Gasteiger partial charge in [-0.2, -0.15) is 0 Å². The molecule has 3 saturated heterocycles. The SMILES string of the molecule is CCOc1ccc(Br)cc1/C=C1/C(O)C2CCN1CC2. The van der Waals surface area contributed by atoms with Crippen molar-refractivity contribution in [3.05, 3.63) is 33.9 Å². The molecule has 0 saturated carbocycles. The van der Waals surface area contributed by atoms with Crippen molar-refractivity contribution in [2.24, 2.45) is 5.92 Å². The van der Waals surface area contributed by atoms with Gasteiger partial charge in [-0.25, -0.2) is 0 Å². The highest BCUT2D eigenvalue weighted by atomic mass is 79.9. The average Bonchev–Trinajstić information content (AvgIpc) is 2.46. The van der Waals surface area contributed by atoms with Gasteiger partial charge in [0.05, 0.1) is 12.7 Å². The van der Waals surface area contributed by atoms with E-state index in [0.29, 0.717) is 12.5 Å². The Morgan fingerprint density at radius 1 is 1.40 bits per heavy atom. The molecule has 0 spiro atoms. The summed E-state index contributed by atoms with van der Waals surface area (Å²) in [5.41, 5.74) is 2.08. The molecule has 1 N–H and O–H groups in total. The molecule has 0 radical (unpaired) electrons. The third-order valence-corrected chi connectivity index (χ3v) is 4.72. The van der Waals surface area contributed by atoms with Crippen LogP contribution in [0.5, 0.6) is 5.75 Å². The van der Waals surface area contributed by atoms with E-state index >= 15 is 0 Å². The van der Waals surface area contributed by atoms with Gasteiger partial charge >= 0.3 is 0 Å². The number of piperidine rings is 3. The second-order valence-electron chi connectivity index (χ2n) is 5.45. The molecule has 2 bridgehead atoms. The molecule has 0 amide bonds. The first-order valence-electron chi connectivity index (χ1n) is 7.26. The lowest BCUT2D eigenvalue weighted by Crippen LogP contribution is -2.48. The summed E-state index contributed by atoms with van der Waals surface area (Å²) in [5.74, 6) is 1.30. The lowest BCUT2D eigenvalue weighted by molar-refractivity contribution is 0.0215. The molecule has 1 aromatic carbocycles. The minimum Gasteiger partial charge on any atom is -0.493 e. The van der Waals surface area contributed by atoms with Crippen molar-refractivity contribution < 1.29 is 9.84 Å². The summed E-state index contributed by atoms with van der Waals surface area (Å²) in [6.45, 7) is 4.75.